The average Bonchev–Trinajstić information content (AvgIpc) is 3.38. The summed E-state index contributed by atoms with van der Waals surface area (Å²) in [5.41, 5.74) is 5.49. The monoisotopic (exact) mass is 550 g/mol. The normalized spacial score (nSPS) is 15.1. The Balaban J connectivity index is 1.27. The van der Waals surface area contributed by atoms with E-state index in [0.29, 0.717) is 17.4 Å². The van der Waals surface area contributed by atoms with E-state index in [9.17, 15) is 13.2 Å². The van der Waals surface area contributed by atoms with Crippen LogP contribution in [-0.4, -0.2) is 37.9 Å². The number of hydrogen-bond donors (Lipinski definition) is 0. The Hall–Kier alpha value is -4.12. The summed E-state index contributed by atoms with van der Waals surface area (Å²) in [7, 11) is 0. The van der Waals surface area contributed by atoms with Gasteiger partial charge in [0.25, 0.3) is 0 Å². The Kier molecular flexibility index (Phi) is 7.42. The van der Waals surface area contributed by atoms with Crippen molar-refractivity contribution in [1.82, 2.24) is 14.8 Å². The lowest BCUT2D eigenvalue weighted by Crippen LogP contribution is -2.39. The van der Waals surface area contributed by atoms with E-state index in [0.717, 1.165) is 27.9 Å². The second-order valence-electron chi connectivity index (χ2n) is 9.11. The molecule has 0 bridgehead atoms. The molecule has 0 amide bonds. The van der Waals surface area contributed by atoms with E-state index in [1.54, 1.807) is 11.8 Å². The van der Waals surface area contributed by atoms with E-state index in [1.807, 2.05) is 37.3 Å². The Morgan fingerprint density at radius 2 is 1.72 bits per heavy atom. The number of halogens is 3. The first-order valence-electron chi connectivity index (χ1n) is 12.2. The highest BCUT2D eigenvalue weighted by molar-refractivity contribution is 8.16. The molecule has 1 aliphatic rings. The van der Waals surface area contributed by atoms with Crippen LogP contribution in [0.4, 0.5) is 18.9 Å². The van der Waals surface area contributed by atoms with Gasteiger partial charge in [-0.25, -0.2) is 9.67 Å². The van der Waals surface area contributed by atoms with Crippen LogP contribution in [0.5, 0.6) is 5.75 Å². The van der Waals surface area contributed by atoms with Gasteiger partial charge in [-0.2, -0.15) is 5.10 Å². The zero-order valence-electron chi connectivity index (χ0n) is 21.4. The lowest BCUT2D eigenvalue weighted by Gasteiger charge is -2.35. The Labute approximate surface area is 228 Å². The van der Waals surface area contributed by atoms with Crippen molar-refractivity contribution in [3.63, 3.8) is 0 Å². The molecule has 39 heavy (non-hydrogen) atoms. The van der Waals surface area contributed by atoms with Crippen LogP contribution in [0.1, 0.15) is 37.8 Å². The number of anilines is 1. The summed E-state index contributed by atoms with van der Waals surface area (Å²) < 4.78 is 42.5. The Morgan fingerprint density at radius 1 is 1.00 bits per heavy atom. The summed E-state index contributed by atoms with van der Waals surface area (Å²) in [5.74, 6) is 1.44. The maximum absolute atomic E-state index is 12.4. The lowest BCUT2D eigenvalue weighted by molar-refractivity contribution is -0.274. The molecule has 5 rings (SSSR count). The fourth-order valence-electron chi connectivity index (χ4n) is 4.02. The first kappa shape index (κ1) is 26.5. The van der Waals surface area contributed by atoms with Crippen molar-refractivity contribution in [1.29, 1.82) is 0 Å². The summed E-state index contributed by atoms with van der Waals surface area (Å²) >= 11 is 1.66. The van der Waals surface area contributed by atoms with Crippen molar-refractivity contribution in [2.45, 2.75) is 33.1 Å². The van der Waals surface area contributed by atoms with Crippen molar-refractivity contribution in [2.24, 2.45) is 10.2 Å². The molecule has 0 atom stereocenters. The second kappa shape index (κ2) is 10.9. The minimum atomic E-state index is -4.74. The second-order valence-corrected chi connectivity index (χ2v) is 10.0. The first-order chi connectivity index (χ1) is 18.7. The molecule has 0 unspecified atom stereocenters. The average molecular weight is 551 g/mol. The van der Waals surface area contributed by atoms with Gasteiger partial charge in [-0.3, -0.25) is 0 Å². The van der Waals surface area contributed by atoms with Crippen LogP contribution < -0.4 is 9.64 Å². The molecular weight excluding hydrogens is 525 g/mol. The van der Waals surface area contributed by atoms with Crippen LogP contribution in [0.25, 0.3) is 17.1 Å². The number of ether oxygens (including phenoxy) is 1. The van der Waals surface area contributed by atoms with Gasteiger partial charge in [0.1, 0.15) is 12.1 Å². The molecule has 4 aromatic rings. The molecule has 7 nitrogen and oxygen atoms in total. The zero-order valence-corrected chi connectivity index (χ0v) is 22.2. The van der Waals surface area contributed by atoms with Gasteiger partial charge in [-0.1, -0.05) is 68.1 Å². The predicted molar refractivity (Wildman–Crippen MR) is 149 cm³/mol. The molecule has 1 saturated heterocycles. The molecule has 0 radical (unpaired) electrons. The molecule has 200 valence electrons. The first-order valence-corrected chi connectivity index (χ1v) is 13.2. The summed E-state index contributed by atoms with van der Waals surface area (Å²) in [6.45, 7) is 6.28. The molecule has 0 N–H and O–H groups in total. The molecule has 3 aromatic carbocycles. The van der Waals surface area contributed by atoms with Gasteiger partial charge >= 0.3 is 6.36 Å². The van der Waals surface area contributed by atoms with Crippen LogP contribution in [0.3, 0.4) is 0 Å². The Bertz CT molecular complexity index is 1510. The molecule has 11 heteroatoms. The highest BCUT2D eigenvalue weighted by atomic mass is 32.2. The van der Waals surface area contributed by atoms with E-state index < -0.39 is 6.36 Å². The van der Waals surface area contributed by atoms with E-state index in [1.165, 1.54) is 46.5 Å². The Morgan fingerprint density at radius 3 is 2.36 bits per heavy atom. The fraction of sp³-hybridized carbons (Fsp3) is 0.214. The van der Waals surface area contributed by atoms with Gasteiger partial charge < -0.3 is 9.64 Å². The molecule has 1 fully saturated rings. The van der Waals surface area contributed by atoms with E-state index in [4.69, 9.17) is 0 Å². The van der Waals surface area contributed by atoms with E-state index in [-0.39, 0.29) is 5.75 Å². The van der Waals surface area contributed by atoms with Crippen LogP contribution in [0.2, 0.25) is 0 Å². The number of amidine groups is 1. The topological polar surface area (TPSA) is 67.9 Å². The SMILES string of the molecule is C/C(=N\N=C1/SCN1c1ccccc1C(C)C)c1ccc(-c2ncn(-c3ccc(OC(F)(F)F)cc3)n2)cc1. The molecule has 0 saturated carbocycles. The minimum Gasteiger partial charge on any atom is -0.406 e. The summed E-state index contributed by atoms with van der Waals surface area (Å²) in [6.07, 6.45) is -3.23. The minimum absolute atomic E-state index is 0.298. The number of aromatic nitrogens is 3. The number of benzene rings is 3. The van der Waals surface area contributed by atoms with Crippen molar-refractivity contribution < 1.29 is 17.9 Å². The lowest BCUT2D eigenvalue weighted by atomic mass is 10.0. The van der Waals surface area contributed by atoms with Gasteiger partial charge in [0, 0.05) is 11.3 Å². The number of alkyl halides is 3. The van der Waals surface area contributed by atoms with Gasteiger partial charge in [0.05, 0.1) is 17.3 Å². The maximum atomic E-state index is 12.4. The largest absolute Gasteiger partial charge is 0.573 e. The molecule has 1 aromatic heterocycles. The molecule has 1 aliphatic heterocycles. The van der Waals surface area contributed by atoms with Crippen molar-refractivity contribution in [2.75, 3.05) is 10.8 Å². The summed E-state index contributed by atoms with van der Waals surface area (Å²) in [5, 5.41) is 14.3. The fourth-order valence-corrected chi connectivity index (χ4v) is 4.73. The number of para-hydroxylation sites is 1. The highest BCUT2D eigenvalue weighted by Gasteiger charge is 2.31. The van der Waals surface area contributed by atoms with E-state index >= 15 is 0 Å². The number of nitrogens with zero attached hydrogens (tertiary/aromatic N) is 6. The summed E-state index contributed by atoms with van der Waals surface area (Å²) in [6, 6.07) is 21.4. The molecule has 0 aliphatic carbocycles. The van der Waals surface area contributed by atoms with Crippen LogP contribution >= 0.6 is 11.8 Å². The van der Waals surface area contributed by atoms with Gasteiger partial charge in [-0.05, 0) is 54.3 Å². The van der Waals surface area contributed by atoms with Gasteiger partial charge in [-0.15, -0.1) is 23.4 Å². The van der Waals surface area contributed by atoms with Crippen LogP contribution in [0.15, 0.2) is 89.3 Å². The summed E-state index contributed by atoms with van der Waals surface area (Å²) in [4.78, 5) is 6.51. The van der Waals surface area contributed by atoms with Gasteiger partial charge in [0.2, 0.25) is 0 Å². The van der Waals surface area contributed by atoms with Crippen molar-refractivity contribution in [3.05, 3.63) is 90.3 Å². The number of hydrogen-bond acceptors (Lipinski definition) is 6. The smallest absolute Gasteiger partial charge is 0.406 e. The quantitative estimate of drug-likeness (QED) is 0.179. The van der Waals surface area contributed by atoms with Gasteiger partial charge in [0.15, 0.2) is 11.0 Å². The third-order valence-corrected chi connectivity index (χ3v) is 7.02. The number of thioether (sulfide) groups is 1. The van der Waals surface area contributed by atoms with Crippen LogP contribution in [0, 0.1) is 0 Å². The molecule has 2 heterocycles. The predicted octanol–water partition coefficient (Wildman–Crippen LogP) is 7.25. The third kappa shape index (κ3) is 6.14. The maximum Gasteiger partial charge on any atom is 0.573 e. The molecule has 0 spiro atoms. The standard InChI is InChI=1S/C28H25F3N6OS/c1-18(2)24-6-4-5-7-25(24)36-17-39-27(36)34-33-19(3)20-8-10-21(11-9-20)26-32-16-37(35-26)22-12-14-23(15-13-22)38-28(29,30)31/h4-16,18H,17H2,1-3H3/b33-19+,34-27-. The number of rotatable bonds is 7. The molecular formula is C28H25F3N6OS. The van der Waals surface area contributed by atoms with E-state index in [2.05, 4.69) is 62.0 Å². The highest BCUT2D eigenvalue weighted by Crippen LogP contribution is 2.35. The van der Waals surface area contributed by atoms with Crippen LogP contribution in [-0.2, 0) is 0 Å². The third-order valence-electron chi connectivity index (χ3n) is 6.08. The van der Waals surface area contributed by atoms with Crippen molar-refractivity contribution in [3.8, 4) is 22.8 Å². The zero-order chi connectivity index (χ0) is 27.6. The van der Waals surface area contributed by atoms with Crippen molar-refractivity contribution >= 4 is 28.3 Å².